The minimum atomic E-state index is -4.69. The van der Waals surface area contributed by atoms with Crippen LogP contribution in [-0.2, 0) is 17.5 Å². The van der Waals surface area contributed by atoms with Crippen LogP contribution in [0.5, 0.6) is 0 Å². The number of hydrogen-bond acceptors (Lipinski definition) is 7. The standard InChI is InChI=1S/C28H22F3N7O2/c29-28(30,31)24-14-23(22-8-3-11-33-15-22)37-38(24)26-10-9-25(35-36-26)34-27(39)21-7-2-6-20(13-21)19-5-1-4-18(12-19)16-40-17-32/h1-15H,16-17,32H2,(H,34,35,39). The lowest BCUT2D eigenvalue weighted by Gasteiger charge is -2.10. The van der Waals surface area contributed by atoms with Gasteiger partial charge < -0.3 is 15.8 Å². The number of nitrogens with zero attached hydrogens (tertiary/aromatic N) is 5. The molecule has 0 aliphatic carbocycles. The lowest BCUT2D eigenvalue weighted by molar-refractivity contribution is -0.142. The number of amides is 1. The number of pyridine rings is 1. The van der Waals surface area contributed by atoms with Crippen LogP contribution in [0.3, 0.4) is 0 Å². The molecular weight excluding hydrogens is 523 g/mol. The fourth-order valence-electron chi connectivity index (χ4n) is 3.96. The molecule has 0 bridgehead atoms. The lowest BCUT2D eigenvalue weighted by Crippen LogP contribution is -2.16. The zero-order chi connectivity index (χ0) is 28.1. The van der Waals surface area contributed by atoms with Crippen molar-refractivity contribution in [2.75, 3.05) is 12.0 Å². The van der Waals surface area contributed by atoms with E-state index >= 15 is 0 Å². The monoisotopic (exact) mass is 545 g/mol. The summed E-state index contributed by atoms with van der Waals surface area (Å²) in [5.74, 6) is -0.560. The lowest BCUT2D eigenvalue weighted by atomic mass is 10.0. The number of carbonyl (C=O) groups excluding carboxylic acids is 1. The van der Waals surface area contributed by atoms with E-state index in [1.807, 2.05) is 30.3 Å². The van der Waals surface area contributed by atoms with Gasteiger partial charge in [-0.15, -0.1) is 10.2 Å². The first-order valence-corrected chi connectivity index (χ1v) is 12.0. The second-order valence-corrected chi connectivity index (χ2v) is 8.59. The fraction of sp³-hybridized carbons (Fsp3) is 0.107. The van der Waals surface area contributed by atoms with Crippen molar-refractivity contribution in [3.05, 3.63) is 108 Å². The van der Waals surface area contributed by atoms with Crippen LogP contribution < -0.4 is 11.1 Å². The van der Waals surface area contributed by atoms with Gasteiger partial charge in [-0.05, 0) is 65.2 Å². The third-order valence-electron chi connectivity index (χ3n) is 5.84. The molecule has 12 heteroatoms. The third-order valence-corrected chi connectivity index (χ3v) is 5.84. The maximum Gasteiger partial charge on any atom is 0.433 e. The van der Waals surface area contributed by atoms with Gasteiger partial charge in [0.1, 0.15) is 0 Å². The molecule has 3 heterocycles. The maximum atomic E-state index is 13.7. The molecule has 0 saturated heterocycles. The van der Waals surface area contributed by atoms with Crippen molar-refractivity contribution >= 4 is 11.7 Å². The topological polar surface area (TPSA) is 121 Å². The molecule has 0 atom stereocenters. The zero-order valence-corrected chi connectivity index (χ0v) is 20.8. The van der Waals surface area contributed by atoms with Crippen molar-refractivity contribution in [1.29, 1.82) is 0 Å². The van der Waals surface area contributed by atoms with Crippen molar-refractivity contribution in [3.8, 4) is 28.2 Å². The number of nitrogens with two attached hydrogens (primary N) is 1. The van der Waals surface area contributed by atoms with Crippen LogP contribution in [0.4, 0.5) is 19.0 Å². The van der Waals surface area contributed by atoms with Crippen molar-refractivity contribution in [2.45, 2.75) is 12.8 Å². The average Bonchev–Trinajstić information content (AvgIpc) is 3.44. The molecule has 5 rings (SSSR count). The number of ether oxygens (including phenoxy) is 1. The highest BCUT2D eigenvalue weighted by atomic mass is 19.4. The maximum absolute atomic E-state index is 13.7. The molecule has 202 valence electrons. The Kier molecular flexibility index (Phi) is 7.62. The Labute approximate surface area is 226 Å². The van der Waals surface area contributed by atoms with Crippen LogP contribution in [0.25, 0.3) is 28.2 Å². The molecular formula is C28H22F3N7O2. The molecule has 0 unspecified atom stereocenters. The molecule has 0 saturated carbocycles. The van der Waals surface area contributed by atoms with Gasteiger partial charge in [-0.2, -0.15) is 18.3 Å². The van der Waals surface area contributed by atoms with E-state index in [1.54, 1.807) is 30.3 Å². The van der Waals surface area contributed by atoms with Gasteiger partial charge in [0.2, 0.25) is 0 Å². The van der Waals surface area contributed by atoms with Gasteiger partial charge >= 0.3 is 6.18 Å². The molecule has 2 aromatic carbocycles. The summed E-state index contributed by atoms with van der Waals surface area (Å²) in [7, 11) is 0. The fourth-order valence-corrected chi connectivity index (χ4v) is 3.96. The van der Waals surface area contributed by atoms with E-state index in [9.17, 15) is 18.0 Å². The van der Waals surface area contributed by atoms with Crippen molar-refractivity contribution < 1.29 is 22.7 Å². The van der Waals surface area contributed by atoms with Crippen molar-refractivity contribution in [3.63, 3.8) is 0 Å². The first-order chi connectivity index (χ1) is 19.3. The molecule has 40 heavy (non-hydrogen) atoms. The van der Waals surface area contributed by atoms with Crippen LogP contribution in [0.1, 0.15) is 21.6 Å². The number of nitrogens with one attached hydrogen (secondary N) is 1. The smallest absolute Gasteiger partial charge is 0.362 e. The van der Waals surface area contributed by atoms with E-state index in [2.05, 4.69) is 25.6 Å². The molecule has 0 aliphatic heterocycles. The Morgan fingerprint density at radius 1 is 0.925 bits per heavy atom. The van der Waals surface area contributed by atoms with Gasteiger partial charge in [-0.1, -0.05) is 30.3 Å². The number of benzene rings is 2. The molecule has 0 spiro atoms. The highest BCUT2D eigenvalue weighted by molar-refractivity contribution is 6.04. The molecule has 0 radical (unpaired) electrons. The summed E-state index contributed by atoms with van der Waals surface area (Å²) < 4.78 is 47.1. The van der Waals surface area contributed by atoms with E-state index in [4.69, 9.17) is 10.5 Å². The molecule has 5 aromatic rings. The van der Waals surface area contributed by atoms with Gasteiger partial charge in [0, 0.05) is 23.5 Å². The van der Waals surface area contributed by atoms with E-state index < -0.39 is 17.8 Å². The minimum Gasteiger partial charge on any atom is -0.362 e. The quantitative estimate of drug-likeness (QED) is 0.261. The van der Waals surface area contributed by atoms with Crippen LogP contribution in [-0.4, -0.2) is 37.6 Å². The zero-order valence-electron chi connectivity index (χ0n) is 20.8. The highest BCUT2D eigenvalue weighted by Crippen LogP contribution is 2.33. The summed E-state index contributed by atoms with van der Waals surface area (Å²) in [5.41, 5.74) is 7.88. The Morgan fingerprint density at radius 3 is 2.40 bits per heavy atom. The summed E-state index contributed by atoms with van der Waals surface area (Å²) >= 11 is 0. The first-order valence-electron chi connectivity index (χ1n) is 12.0. The number of halogens is 3. The summed E-state index contributed by atoms with van der Waals surface area (Å²) in [6, 6.07) is 21.4. The van der Waals surface area contributed by atoms with Crippen LogP contribution >= 0.6 is 0 Å². The van der Waals surface area contributed by atoms with Gasteiger partial charge in [0.15, 0.2) is 17.3 Å². The summed E-state index contributed by atoms with van der Waals surface area (Å²) in [4.78, 5) is 16.8. The molecule has 9 nitrogen and oxygen atoms in total. The summed E-state index contributed by atoms with van der Waals surface area (Å²) in [6.07, 6.45) is -1.76. The third kappa shape index (κ3) is 6.03. The molecule has 0 fully saturated rings. The SMILES string of the molecule is NCOCc1cccc(-c2cccc(C(=O)Nc3ccc(-n4nc(-c5cccnc5)cc4C(F)(F)F)nn3)c2)c1. The molecule has 1 amide bonds. The molecule has 3 aromatic heterocycles. The van der Waals surface area contributed by atoms with Gasteiger partial charge in [0.05, 0.1) is 19.0 Å². The molecule has 0 aliphatic rings. The number of hydrogen-bond donors (Lipinski definition) is 2. The van der Waals surface area contributed by atoms with Gasteiger partial charge in [-0.3, -0.25) is 9.78 Å². The highest BCUT2D eigenvalue weighted by Gasteiger charge is 2.37. The minimum absolute atomic E-state index is 0.0632. The largest absolute Gasteiger partial charge is 0.433 e. The average molecular weight is 546 g/mol. The van der Waals surface area contributed by atoms with E-state index in [-0.39, 0.29) is 24.1 Å². The van der Waals surface area contributed by atoms with E-state index in [0.29, 0.717) is 22.4 Å². The van der Waals surface area contributed by atoms with E-state index in [1.165, 1.54) is 24.5 Å². The Bertz CT molecular complexity index is 1620. The summed E-state index contributed by atoms with van der Waals surface area (Å²) in [6.45, 7) is 0.481. The normalized spacial score (nSPS) is 11.4. The Balaban J connectivity index is 1.35. The predicted octanol–water partition coefficient (Wildman–Crippen LogP) is 5.10. The first kappa shape index (κ1) is 26.7. The van der Waals surface area contributed by atoms with Gasteiger partial charge in [0.25, 0.3) is 5.91 Å². The van der Waals surface area contributed by atoms with Gasteiger partial charge in [-0.25, -0.2) is 4.68 Å². The number of aromatic nitrogens is 5. The van der Waals surface area contributed by atoms with Crippen LogP contribution in [0, 0.1) is 0 Å². The van der Waals surface area contributed by atoms with Crippen molar-refractivity contribution in [1.82, 2.24) is 25.0 Å². The summed E-state index contributed by atoms with van der Waals surface area (Å²) in [5, 5.41) is 14.5. The number of anilines is 1. The van der Waals surface area contributed by atoms with Crippen LogP contribution in [0.15, 0.2) is 91.3 Å². The van der Waals surface area contributed by atoms with E-state index in [0.717, 1.165) is 22.8 Å². The van der Waals surface area contributed by atoms with Crippen molar-refractivity contribution in [2.24, 2.45) is 5.73 Å². The Morgan fingerprint density at radius 2 is 1.70 bits per heavy atom. The number of alkyl halides is 3. The Hall–Kier alpha value is -4.94. The second kappa shape index (κ2) is 11.4. The second-order valence-electron chi connectivity index (χ2n) is 8.59. The number of carbonyl (C=O) groups is 1. The predicted molar refractivity (Wildman–Crippen MR) is 141 cm³/mol. The molecule has 3 N–H and O–H groups in total. The van der Waals surface area contributed by atoms with Crippen LogP contribution in [0.2, 0.25) is 0 Å². The number of rotatable bonds is 8.